The van der Waals surface area contributed by atoms with Crippen LogP contribution in [-0.2, 0) is 0 Å². The van der Waals surface area contributed by atoms with E-state index in [9.17, 15) is 4.79 Å². The van der Waals surface area contributed by atoms with Crippen LogP contribution in [0.1, 0.15) is 29.6 Å². The Morgan fingerprint density at radius 1 is 1.12 bits per heavy atom. The normalized spacial score (nSPS) is 16.7. The van der Waals surface area contributed by atoms with Crippen molar-refractivity contribution >= 4 is 30.1 Å². The molecule has 0 radical (unpaired) electrons. The summed E-state index contributed by atoms with van der Waals surface area (Å²) in [6.45, 7) is 2.96. The molecular formula is C20H25ClN2OS. The zero-order chi connectivity index (χ0) is 16.6. The lowest BCUT2D eigenvalue weighted by molar-refractivity contribution is 0.0947. The summed E-state index contributed by atoms with van der Waals surface area (Å²) < 4.78 is 0. The van der Waals surface area contributed by atoms with Gasteiger partial charge in [-0.3, -0.25) is 4.79 Å². The highest BCUT2D eigenvalue weighted by Gasteiger charge is 2.15. The van der Waals surface area contributed by atoms with Crippen molar-refractivity contribution in [3.05, 3.63) is 60.2 Å². The van der Waals surface area contributed by atoms with Gasteiger partial charge in [0.25, 0.3) is 5.91 Å². The third-order valence-electron chi connectivity index (χ3n) is 4.34. The maximum atomic E-state index is 12.6. The molecule has 3 rings (SSSR count). The third-order valence-corrected chi connectivity index (χ3v) is 5.42. The molecule has 0 aliphatic carbocycles. The van der Waals surface area contributed by atoms with Crippen molar-refractivity contribution < 1.29 is 4.79 Å². The van der Waals surface area contributed by atoms with E-state index in [1.54, 1.807) is 11.8 Å². The SMILES string of the molecule is Cl.O=C(NCCC1CCCNC1)c1ccccc1Sc1ccccc1. The van der Waals surface area contributed by atoms with Gasteiger partial charge >= 0.3 is 0 Å². The lowest BCUT2D eigenvalue weighted by Crippen LogP contribution is -2.33. The van der Waals surface area contributed by atoms with Crippen LogP contribution in [0.2, 0.25) is 0 Å². The Balaban J connectivity index is 0.00000225. The molecule has 0 saturated carbocycles. The Morgan fingerprint density at radius 3 is 2.64 bits per heavy atom. The minimum absolute atomic E-state index is 0. The molecule has 1 fully saturated rings. The number of rotatable bonds is 6. The van der Waals surface area contributed by atoms with Gasteiger partial charge in [0.1, 0.15) is 0 Å². The second-order valence-electron chi connectivity index (χ2n) is 6.17. The number of halogens is 1. The zero-order valence-corrected chi connectivity index (χ0v) is 15.9. The molecule has 1 unspecified atom stereocenters. The van der Waals surface area contributed by atoms with Gasteiger partial charge in [-0.05, 0) is 62.5 Å². The summed E-state index contributed by atoms with van der Waals surface area (Å²) in [4.78, 5) is 14.7. The fourth-order valence-electron chi connectivity index (χ4n) is 3.01. The van der Waals surface area contributed by atoms with Crippen LogP contribution in [0.15, 0.2) is 64.4 Å². The Labute approximate surface area is 160 Å². The van der Waals surface area contributed by atoms with Gasteiger partial charge in [-0.1, -0.05) is 42.1 Å². The summed E-state index contributed by atoms with van der Waals surface area (Å²) in [7, 11) is 0. The summed E-state index contributed by atoms with van der Waals surface area (Å²) in [5, 5.41) is 6.52. The summed E-state index contributed by atoms with van der Waals surface area (Å²) in [5.74, 6) is 0.714. The molecule has 2 aromatic rings. The number of amides is 1. The van der Waals surface area contributed by atoms with Crippen molar-refractivity contribution in [1.29, 1.82) is 0 Å². The van der Waals surface area contributed by atoms with E-state index in [0.29, 0.717) is 5.92 Å². The Bertz CT molecular complexity index is 660. The molecule has 1 saturated heterocycles. The molecular weight excluding hydrogens is 352 g/mol. The fourth-order valence-corrected chi connectivity index (χ4v) is 3.98. The molecule has 1 amide bonds. The van der Waals surface area contributed by atoms with E-state index in [0.717, 1.165) is 41.4 Å². The lowest BCUT2D eigenvalue weighted by Gasteiger charge is -2.22. The van der Waals surface area contributed by atoms with Crippen molar-refractivity contribution in [1.82, 2.24) is 10.6 Å². The first-order chi connectivity index (χ1) is 11.8. The number of carbonyl (C=O) groups excluding carboxylic acids is 1. The summed E-state index contributed by atoms with van der Waals surface area (Å²) in [6.07, 6.45) is 3.56. The maximum Gasteiger partial charge on any atom is 0.252 e. The number of benzene rings is 2. The van der Waals surface area contributed by atoms with Crippen LogP contribution in [0.25, 0.3) is 0 Å². The van der Waals surface area contributed by atoms with Gasteiger partial charge in [0.05, 0.1) is 5.56 Å². The van der Waals surface area contributed by atoms with E-state index in [1.807, 2.05) is 42.5 Å². The molecule has 1 aliphatic rings. The molecule has 5 heteroatoms. The predicted octanol–water partition coefficient (Wildman–Crippen LogP) is 4.38. The largest absolute Gasteiger partial charge is 0.352 e. The highest BCUT2D eigenvalue weighted by Crippen LogP contribution is 2.30. The minimum Gasteiger partial charge on any atom is -0.352 e. The van der Waals surface area contributed by atoms with Crippen LogP contribution in [0.5, 0.6) is 0 Å². The number of piperidine rings is 1. The van der Waals surface area contributed by atoms with Crippen LogP contribution < -0.4 is 10.6 Å². The second kappa shape index (κ2) is 10.5. The van der Waals surface area contributed by atoms with Gasteiger partial charge in [-0.25, -0.2) is 0 Å². The van der Waals surface area contributed by atoms with Crippen LogP contribution in [0, 0.1) is 5.92 Å². The van der Waals surface area contributed by atoms with Gasteiger partial charge in [-0.15, -0.1) is 12.4 Å². The number of hydrogen-bond acceptors (Lipinski definition) is 3. The maximum absolute atomic E-state index is 12.6. The highest BCUT2D eigenvalue weighted by molar-refractivity contribution is 7.99. The van der Waals surface area contributed by atoms with Gasteiger partial charge in [0, 0.05) is 16.3 Å². The average Bonchev–Trinajstić information content (AvgIpc) is 2.64. The molecule has 0 bridgehead atoms. The molecule has 2 aromatic carbocycles. The molecule has 1 heterocycles. The highest BCUT2D eigenvalue weighted by atomic mass is 35.5. The van der Waals surface area contributed by atoms with E-state index >= 15 is 0 Å². The van der Waals surface area contributed by atoms with Crippen LogP contribution in [0.4, 0.5) is 0 Å². The summed E-state index contributed by atoms with van der Waals surface area (Å²) in [6, 6.07) is 18.0. The molecule has 0 aromatic heterocycles. The average molecular weight is 377 g/mol. The molecule has 1 aliphatic heterocycles. The number of hydrogen-bond donors (Lipinski definition) is 2. The topological polar surface area (TPSA) is 41.1 Å². The van der Waals surface area contributed by atoms with Crippen molar-refractivity contribution in [2.45, 2.75) is 29.1 Å². The summed E-state index contributed by atoms with van der Waals surface area (Å²) in [5.41, 5.74) is 0.758. The van der Waals surface area contributed by atoms with Crippen molar-refractivity contribution in [3.8, 4) is 0 Å². The Hall–Kier alpha value is -1.49. The standard InChI is InChI=1S/C20H24N2OS.ClH/c23-20(22-14-12-16-7-6-13-21-15-16)18-10-4-5-11-19(18)24-17-8-2-1-3-9-17;/h1-5,8-11,16,21H,6-7,12-15H2,(H,22,23);1H. The molecule has 25 heavy (non-hydrogen) atoms. The van der Waals surface area contributed by atoms with E-state index in [4.69, 9.17) is 0 Å². The lowest BCUT2D eigenvalue weighted by atomic mass is 9.96. The Morgan fingerprint density at radius 2 is 1.88 bits per heavy atom. The summed E-state index contributed by atoms with van der Waals surface area (Å²) >= 11 is 1.63. The minimum atomic E-state index is 0. The first-order valence-corrected chi connectivity index (χ1v) is 9.45. The molecule has 1 atom stereocenters. The van der Waals surface area contributed by atoms with Crippen molar-refractivity contribution in [2.24, 2.45) is 5.92 Å². The van der Waals surface area contributed by atoms with Crippen LogP contribution in [-0.4, -0.2) is 25.5 Å². The van der Waals surface area contributed by atoms with E-state index in [-0.39, 0.29) is 18.3 Å². The second-order valence-corrected chi connectivity index (χ2v) is 7.28. The van der Waals surface area contributed by atoms with Crippen molar-refractivity contribution in [3.63, 3.8) is 0 Å². The molecule has 0 spiro atoms. The van der Waals surface area contributed by atoms with Gasteiger partial charge < -0.3 is 10.6 Å². The van der Waals surface area contributed by atoms with E-state index in [1.165, 1.54) is 12.8 Å². The molecule has 134 valence electrons. The number of carbonyl (C=O) groups is 1. The fraction of sp³-hybridized carbons (Fsp3) is 0.350. The number of nitrogens with one attached hydrogen (secondary N) is 2. The van der Waals surface area contributed by atoms with Crippen molar-refractivity contribution in [2.75, 3.05) is 19.6 Å². The Kier molecular flexibility index (Phi) is 8.32. The van der Waals surface area contributed by atoms with Gasteiger partial charge in [0.2, 0.25) is 0 Å². The van der Waals surface area contributed by atoms with Crippen LogP contribution in [0.3, 0.4) is 0 Å². The smallest absolute Gasteiger partial charge is 0.252 e. The van der Waals surface area contributed by atoms with Gasteiger partial charge in [0.15, 0.2) is 0 Å². The molecule has 3 nitrogen and oxygen atoms in total. The zero-order valence-electron chi connectivity index (χ0n) is 14.2. The first kappa shape index (κ1) is 19.8. The van der Waals surface area contributed by atoms with Crippen LogP contribution >= 0.6 is 24.2 Å². The quantitative estimate of drug-likeness (QED) is 0.786. The molecule has 2 N–H and O–H groups in total. The predicted molar refractivity (Wildman–Crippen MR) is 107 cm³/mol. The van der Waals surface area contributed by atoms with Gasteiger partial charge in [-0.2, -0.15) is 0 Å². The third kappa shape index (κ3) is 6.07. The van der Waals surface area contributed by atoms with E-state index in [2.05, 4.69) is 22.8 Å². The monoisotopic (exact) mass is 376 g/mol. The first-order valence-electron chi connectivity index (χ1n) is 8.64. The van der Waals surface area contributed by atoms with E-state index < -0.39 is 0 Å².